The molecule has 0 aromatic heterocycles. The van der Waals surface area contributed by atoms with Gasteiger partial charge in [0, 0.05) is 31.7 Å². The van der Waals surface area contributed by atoms with Crippen LogP contribution in [0, 0.1) is 0 Å². The molecule has 1 amide bonds. The number of likely N-dealkylation sites (tertiary alicyclic amines) is 2. The van der Waals surface area contributed by atoms with E-state index in [-0.39, 0.29) is 5.91 Å². The third-order valence-electron chi connectivity index (χ3n) is 5.15. The Labute approximate surface area is 149 Å². The standard InChI is InChI=1S/C19H29N3O3/c1-24-16-5-6-17(18(13-16)25-12-8-20)19(23)22-11-7-15(14-22)21-9-3-2-4-10-21/h5-6,13,15H,2-4,7-12,14,20H2,1H3/t15-/m1/s1. The number of piperidine rings is 1. The van der Waals surface area contributed by atoms with Crippen molar-refractivity contribution in [2.75, 3.05) is 46.4 Å². The van der Waals surface area contributed by atoms with Crippen molar-refractivity contribution in [2.24, 2.45) is 5.73 Å². The SMILES string of the molecule is COc1ccc(C(=O)N2CC[C@@H](N3CCCCC3)C2)c(OCCN)c1. The third-order valence-corrected chi connectivity index (χ3v) is 5.15. The van der Waals surface area contributed by atoms with Gasteiger partial charge in [0.25, 0.3) is 5.91 Å². The quantitative estimate of drug-likeness (QED) is 0.849. The lowest BCUT2D eigenvalue weighted by Gasteiger charge is -2.32. The zero-order chi connectivity index (χ0) is 17.6. The van der Waals surface area contributed by atoms with Crippen LogP contribution in [0.2, 0.25) is 0 Å². The van der Waals surface area contributed by atoms with Gasteiger partial charge in [0.2, 0.25) is 0 Å². The monoisotopic (exact) mass is 347 g/mol. The molecule has 1 aromatic rings. The van der Waals surface area contributed by atoms with Crippen LogP contribution in [0.5, 0.6) is 11.5 Å². The Morgan fingerprint density at radius 2 is 2.04 bits per heavy atom. The molecule has 1 aromatic carbocycles. The van der Waals surface area contributed by atoms with Crippen LogP contribution in [0.4, 0.5) is 0 Å². The van der Waals surface area contributed by atoms with Crippen LogP contribution in [-0.4, -0.2) is 68.2 Å². The zero-order valence-corrected chi connectivity index (χ0v) is 15.1. The number of nitrogens with zero attached hydrogens (tertiary/aromatic N) is 2. The molecule has 0 saturated carbocycles. The van der Waals surface area contributed by atoms with Gasteiger partial charge in [0.15, 0.2) is 0 Å². The number of methoxy groups -OCH3 is 1. The summed E-state index contributed by atoms with van der Waals surface area (Å²) in [6.07, 6.45) is 4.94. The molecule has 0 spiro atoms. The van der Waals surface area contributed by atoms with E-state index < -0.39 is 0 Å². The molecule has 6 heteroatoms. The number of carbonyl (C=O) groups is 1. The van der Waals surface area contributed by atoms with E-state index in [1.165, 1.54) is 32.4 Å². The van der Waals surface area contributed by atoms with Crippen molar-refractivity contribution < 1.29 is 14.3 Å². The number of carbonyl (C=O) groups excluding carboxylic acids is 1. The van der Waals surface area contributed by atoms with Gasteiger partial charge in [-0.15, -0.1) is 0 Å². The molecule has 2 aliphatic rings. The largest absolute Gasteiger partial charge is 0.497 e. The number of rotatable bonds is 6. The van der Waals surface area contributed by atoms with E-state index >= 15 is 0 Å². The molecular weight excluding hydrogens is 318 g/mol. The molecule has 138 valence electrons. The van der Waals surface area contributed by atoms with Gasteiger partial charge in [-0.25, -0.2) is 0 Å². The van der Waals surface area contributed by atoms with Crippen LogP contribution in [-0.2, 0) is 0 Å². The summed E-state index contributed by atoms with van der Waals surface area (Å²) in [6, 6.07) is 5.86. The Morgan fingerprint density at radius 3 is 2.76 bits per heavy atom. The van der Waals surface area contributed by atoms with Crippen molar-refractivity contribution in [2.45, 2.75) is 31.7 Å². The summed E-state index contributed by atoms with van der Waals surface area (Å²) in [4.78, 5) is 17.5. The average molecular weight is 347 g/mol. The Hall–Kier alpha value is -1.79. The van der Waals surface area contributed by atoms with Crippen LogP contribution in [0.1, 0.15) is 36.0 Å². The molecule has 0 radical (unpaired) electrons. The molecule has 2 heterocycles. The number of benzene rings is 1. The van der Waals surface area contributed by atoms with Gasteiger partial charge in [-0.3, -0.25) is 9.69 Å². The van der Waals surface area contributed by atoms with E-state index in [9.17, 15) is 4.79 Å². The van der Waals surface area contributed by atoms with Gasteiger partial charge in [-0.2, -0.15) is 0 Å². The average Bonchev–Trinajstić information content (AvgIpc) is 3.16. The van der Waals surface area contributed by atoms with E-state index in [1.807, 2.05) is 4.90 Å². The second kappa shape index (κ2) is 8.54. The fraction of sp³-hybridized carbons (Fsp3) is 0.632. The highest BCUT2D eigenvalue weighted by molar-refractivity contribution is 5.97. The lowest BCUT2D eigenvalue weighted by molar-refractivity contribution is 0.0767. The van der Waals surface area contributed by atoms with Crippen molar-refractivity contribution in [3.05, 3.63) is 23.8 Å². The van der Waals surface area contributed by atoms with Crippen molar-refractivity contribution in [3.63, 3.8) is 0 Å². The summed E-state index contributed by atoms with van der Waals surface area (Å²) < 4.78 is 10.9. The van der Waals surface area contributed by atoms with E-state index in [0.29, 0.717) is 36.3 Å². The molecular formula is C19H29N3O3. The number of ether oxygens (including phenoxy) is 2. The summed E-state index contributed by atoms with van der Waals surface area (Å²) in [5.74, 6) is 1.27. The maximum atomic E-state index is 13.0. The summed E-state index contributed by atoms with van der Waals surface area (Å²) in [6.45, 7) is 4.74. The predicted octanol–water partition coefficient (Wildman–Crippen LogP) is 1.73. The summed E-state index contributed by atoms with van der Waals surface area (Å²) in [5.41, 5.74) is 6.13. The molecule has 0 aliphatic carbocycles. The number of hydrogen-bond acceptors (Lipinski definition) is 5. The Balaban J connectivity index is 1.69. The van der Waals surface area contributed by atoms with E-state index in [2.05, 4.69) is 4.90 Å². The van der Waals surface area contributed by atoms with E-state index in [4.69, 9.17) is 15.2 Å². The third kappa shape index (κ3) is 4.25. The van der Waals surface area contributed by atoms with Gasteiger partial charge in [0.1, 0.15) is 18.1 Å². The minimum atomic E-state index is 0.0363. The molecule has 0 unspecified atom stereocenters. The predicted molar refractivity (Wildman–Crippen MR) is 97.3 cm³/mol. The molecule has 1 atom stereocenters. The topological polar surface area (TPSA) is 68.0 Å². The van der Waals surface area contributed by atoms with Crippen LogP contribution >= 0.6 is 0 Å². The van der Waals surface area contributed by atoms with Gasteiger partial charge < -0.3 is 20.1 Å². The fourth-order valence-corrected chi connectivity index (χ4v) is 3.77. The smallest absolute Gasteiger partial charge is 0.257 e. The fourth-order valence-electron chi connectivity index (χ4n) is 3.77. The number of nitrogens with two attached hydrogens (primary N) is 1. The van der Waals surface area contributed by atoms with Crippen LogP contribution in [0.25, 0.3) is 0 Å². The highest BCUT2D eigenvalue weighted by atomic mass is 16.5. The van der Waals surface area contributed by atoms with Crippen LogP contribution < -0.4 is 15.2 Å². The van der Waals surface area contributed by atoms with Crippen molar-refractivity contribution >= 4 is 5.91 Å². The van der Waals surface area contributed by atoms with Gasteiger partial charge >= 0.3 is 0 Å². The first kappa shape index (κ1) is 18.0. The highest BCUT2D eigenvalue weighted by Crippen LogP contribution is 2.28. The van der Waals surface area contributed by atoms with Gasteiger partial charge in [-0.1, -0.05) is 6.42 Å². The Bertz CT molecular complexity index is 587. The Kier molecular flexibility index (Phi) is 6.15. The first-order valence-electron chi connectivity index (χ1n) is 9.27. The molecule has 25 heavy (non-hydrogen) atoms. The molecule has 2 N–H and O–H groups in total. The molecule has 2 saturated heterocycles. The minimum Gasteiger partial charge on any atom is -0.497 e. The second-order valence-electron chi connectivity index (χ2n) is 6.79. The highest BCUT2D eigenvalue weighted by Gasteiger charge is 2.32. The first-order valence-corrected chi connectivity index (χ1v) is 9.27. The first-order chi connectivity index (χ1) is 12.2. The van der Waals surface area contributed by atoms with Crippen molar-refractivity contribution in [1.82, 2.24) is 9.80 Å². The summed E-state index contributed by atoms with van der Waals surface area (Å²) in [7, 11) is 1.60. The number of amides is 1. The van der Waals surface area contributed by atoms with Crippen molar-refractivity contribution in [1.29, 1.82) is 0 Å². The molecule has 0 bridgehead atoms. The lowest BCUT2D eigenvalue weighted by Crippen LogP contribution is -2.41. The molecule has 2 fully saturated rings. The van der Waals surface area contributed by atoms with Crippen LogP contribution in [0.3, 0.4) is 0 Å². The van der Waals surface area contributed by atoms with Crippen LogP contribution in [0.15, 0.2) is 18.2 Å². The molecule has 6 nitrogen and oxygen atoms in total. The van der Waals surface area contributed by atoms with Gasteiger partial charge in [-0.05, 0) is 44.5 Å². The van der Waals surface area contributed by atoms with E-state index in [1.54, 1.807) is 25.3 Å². The van der Waals surface area contributed by atoms with E-state index in [0.717, 1.165) is 19.5 Å². The maximum Gasteiger partial charge on any atom is 0.257 e. The second-order valence-corrected chi connectivity index (χ2v) is 6.79. The summed E-state index contributed by atoms with van der Waals surface area (Å²) >= 11 is 0. The number of hydrogen-bond donors (Lipinski definition) is 1. The maximum absolute atomic E-state index is 13.0. The molecule has 3 rings (SSSR count). The van der Waals surface area contributed by atoms with Crippen molar-refractivity contribution in [3.8, 4) is 11.5 Å². The summed E-state index contributed by atoms with van der Waals surface area (Å²) in [5, 5.41) is 0. The molecule has 2 aliphatic heterocycles. The zero-order valence-electron chi connectivity index (χ0n) is 15.1. The minimum absolute atomic E-state index is 0.0363. The van der Waals surface area contributed by atoms with Gasteiger partial charge in [0.05, 0.1) is 12.7 Å². The lowest BCUT2D eigenvalue weighted by atomic mass is 10.1. The Morgan fingerprint density at radius 1 is 1.24 bits per heavy atom. The normalized spacial score (nSPS) is 21.4.